The van der Waals surface area contributed by atoms with E-state index in [-0.39, 0.29) is 11.9 Å². The molecule has 304 valence electrons. The zero-order valence-electron chi connectivity index (χ0n) is 35.4. The first kappa shape index (κ1) is 49.9. The number of rotatable bonds is 42. The summed E-state index contributed by atoms with van der Waals surface area (Å²) >= 11 is 0. The molecular weight excluding hydrogens is 629 g/mol. The number of ether oxygens (including phenoxy) is 2. The molecule has 0 amide bonds. The van der Waals surface area contributed by atoms with Crippen molar-refractivity contribution in [2.24, 2.45) is 11.8 Å². The van der Waals surface area contributed by atoms with E-state index in [9.17, 15) is 9.59 Å². The molecule has 51 heavy (non-hydrogen) atoms. The molecule has 0 heterocycles. The third-order valence-corrected chi connectivity index (χ3v) is 11.1. The predicted octanol–water partition coefficient (Wildman–Crippen LogP) is 15.8. The lowest BCUT2D eigenvalue weighted by molar-refractivity contribution is -0.146. The van der Waals surface area contributed by atoms with Crippen LogP contribution in [0.4, 0.5) is 0 Å². The molecule has 0 atom stereocenters. The summed E-state index contributed by atoms with van der Waals surface area (Å²) in [5.74, 6) is 1.12. The molecule has 0 N–H and O–H groups in total. The highest BCUT2D eigenvalue weighted by atomic mass is 16.5. The summed E-state index contributed by atoms with van der Waals surface area (Å²) in [6.07, 6.45) is 45.6. The minimum Gasteiger partial charge on any atom is -0.466 e. The molecule has 0 aromatic rings. The van der Waals surface area contributed by atoms with Crippen LogP contribution in [0, 0.1) is 11.8 Å². The Morgan fingerprint density at radius 1 is 0.314 bits per heavy atom. The van der Waals surface area contributed by atoms with Crippen LogP contribution in [0.3, 0.4) is 0 Å². The zero-order chi connectivity index (χ0) is 37.3. The van der Waals surface area contributed by atoms with E-state index in [4.69, 9.17) is 9.47 Å². The van der Waals surface area contributed by atoms with Crippen molar-refractivity contribution in [3.63, 3.8) is 0 Å². The Morgan fingerprint density at radius 3 is 0.784 bits per heavy atom. The van der Waals surface area contributed by atoms with Gasteiger partial charge in [-0.3, -0.25) is 9.59 Å². The third-order valence-electron chi connectivity index (χ3n) is 11.1. The second-order valence-electron chi connectivity index (χ2n) is 16.3. The number of esters is 2. The molecule has 0 rings (SSSR count). The molecule has 0 saturated heterocycles. The van der Waals surface area contributed by atoms with Crippen molar-refractivity contribution in [3.8, 4) is 0 Å². The Kier molecular flexibility index (Phi) is 40.8. The average Bonchev–Trinajstić information content (AvgIpc) is 3.12. The van der Waals surface area contributed by atoms with E-state index in [1.807, 2.05) is 0 Å². The molecule has 0 bridgehead atoms. The van der Waals surface area contributed by atoms with Crippen molar-refractivity contribution in [1.29, 1.82) is 0 Å². The molecule has 0 aliphatic heterocycles. The van der Waals surface area contributed by atoms with Crippen LogP contribution in [-0.4, -0.2) is 25.2 Å². The molecule has 0 aliphatic carbocycles. The summed E-state index contributed by atoms with van der Waals surface area (Å²) in [6.45, 7) is 10.3. The van der Waals surface area contributed by atoms with Gasteiger partial charge >= 0.3 is 11.9 Å². The quantitative estimate of drug-likeness (QED) is 0.0465. The van der Waals surface area contributed by atoms with Crippen molar-refractivity contribution < 1.29 is 19.1 Å². The molecule has 4 heteroatoms. The normalized spacial score (nSPS) is 11.6. The van der Waals surface area contributed by atoms with Gasteiger partial charge in [0.05, 0.1) is 13.2 Å². The van der Waals surface area contributed by atoms with Gasteiger partial charge in [-0.2, -0.15) is 0 Å². The number of carbonyl (C=O) groups excluding carboxylic acids is 2. The molecule has 0 saturated carbocycles. The minimum absolute atomic E-state index is 0.0425. The van der Waals surface area contributed by atoms with Crippen LogP contribution >= 0.6 is 0 Å². The minimum atomic E-state index is 0.0425. The summed E-state index contributed by atoms with van der Waals surface area (Å²) in [5.41, 5.74) is 0. The van der Waals surface area contributed by atoms with Gasteiger partial charge in [0.1, 0.15) is 0 Å². The van der Waals surface area contributed by atoms with Crippen LogP contribution in [0.15, 0.2) is 0 Å². The Bertz CT molecular complexity index is 620. The average molecular weight is 721 g/mol. The molecule has 0 unspecified atom stereocenters. The van der Waals surface area contributed by atoms with Gasteiger partial charge in [0.15, 0.2) is 0 Å². The Labute approximate surface area is 320 Å². The van der Waals surface area contributed by atoms with Crippen molar-refractivity contribution in [1.82, 2.24) is 0 Å². The van der Waals surface area contributed by atoms with Crippen molar-refractivity contribution in [2.45, 2.75) is 265 Å². The molecular formula is C47H92O4. The number of carbonyl (C=O) groups is 2. The van der Waals surface area contributed by atoms with Gasteiger partial charge in [-0.15, -0.1) is 0 Å². The smallest absolute Gasteiger partial charge is 0.306 e. The fourth-order valence-electron chi connectivity index (χ4n) is 7.60. The lowest BCUT2D eigenvalue weighted by atomic mass is 9.91. The highest BCUT2D eigenvalue weighted by molar-refractivity contribution is 5.70. The molecule has 0 aliphatic rings. The van der Waals surface area contributed by atoms with Crippen LogP contribution in [0.25, 0.3) is 0 Å². The third kappa shape index (κ3) is 38.5. The molecule has 4 nitrogen and oxygen atoms in total. The van der Waals surface area contributed by atoms with Crippen LogP contribution in [0.2, 0.25) is 0 Å². The Morgan fingerprint density at radius 2 is 0.529 bits per heavy atom. The lowest BCUT2D eigenvalue weighted by Gasteiger charge is -2.16. The SMILES string of the molecule is CCCCCCCC(CCCCCCC)CC(=O)OCCCCCCCCCCCCCOC(=O)CC(CCCCCCC)CCCCCCC. The largest absolute Gasteiger partial charge is 0.466 e. The standard InChI is InChI=1S/C47H92O4/c1-5-9-13-24-30-36-44(37-31-25-14-10-6-2)42-46(48)50-40-34-28-22-20-18-17-19-21-23-29-35-41-51-47(49)43-45(38-32-26-15-11-7-3)39-33-27-16-12-8-4/h44-45H,5-43H2,1-4H3. The summed E-state index contributed by atoms with van der Waals surface area (Å²) in [7, 11) is 0. The van der Waals surface area contributed by atoms with Crippen molar-refractivity contribution in [3.05, 3.63) is 0 Å². The van der Waals surface area contributed by atoms with Gasteiger partial charge in [0, 0.05) is 12.8 Å². The highest BCUT2D eigenvalue weighted by Crippen LogP contribution is 2.24. The fraction of sp³-hybridized carbons (Fsp3) is 0.957. The molecule has 0 aromatic heterocycles. The summed E-state index contributed by atoms with van der Waals surface area (Å²) in [6, 6.07) is 0. The molecule has 0 aromatic carbocycles. The van der Waals surface area contributed by atoms with Gasteiger partial charge in [0.2, 0.25) is 0 Å². The predicted molar refractivity (Wildman–Crippen MR) is 222 cm³/mol. The van der Waals surface area contributed by atoms with Crippen LogP contribution < -0.4 is 0 Å². The topological polar surface area (TPSA) is 52.6 Å². The fourth-order valence-corrected chi connectivity index (χ4v) is 7.60. The maximum absolute atomic E-state index is 12.6. The van der Waals surface area contributed by atoms with Crippen LogP contribution in [0.5, 0.6) is 0 Å². The number of hydrogen-bond donors (Lipinski definition) is 0. The van der Waals surface area contributed by atoms with Crippen LogP contribution in [0.1, 0.15) is 265 Å². The lowest BCUT2D eigenvalue weighted by Crippen LogP contribution is -2.13. The van der Waals surface area contributed by atoms with Crippen molar-refractivity contribution in [2.75, 3.05) is 13.2 Å². The van der Waals surface area contributed by atoms with E-state index >= 15 is 0 Å². The first-order valence-corrected chi connectivity index (χ1v) is 23.4. The van der Waals surface area contributed by atoms with Crippen molar-refractivity contribution >= 4 is 11.9 Å². The molecule has 0 radical (unpaired) electrons. The Balaban J connectivity index is 3.84. The van der Waals surface area contributed by atoms with Gasteiger partial charge in [-0.25, -0.2) is 0 Å². The molecule has 0 fully saturated rings. The first-order chi connectivity index (χ1) is 25.1. The van der Waals surface area contributed by atoms with E-state index < -0.39 is 0 Å². The summed E-state index contributed by atoms with van der Waals surface area (Å²) in [4.78, 5) is 25.2. The summed E-state index contributed by atoms with van der Waals surface area (Å²) in [5, 5.41) is 0. The number of unbranched alkanes of at least 4 members (excludes halogenated alkanes) is 26. The second-order valence-corrected chi connectivity index (χ2v) is 16.3. The van der Waals surface area contributed by atoms with Gasteiger partial charge in [-0.05, 0) is 50.4 Å². The number of hydrogen-bond acceptors (Lipinski definition) is 4. The van der Waals surface area contributed by atoms with E-state index in [0.29, 0.717) is 37.9 Å². The van der Waals surface area contributed by atoms with E-state index in [1.165, 1.54) is 212 Å². The second kappa shape index (κ2) is 41.7. The maximum Gasteiger partial charge on any atom is 0.306 e. The van der Waals surface area contributed by atoms with E-state index in [2.05, 4.69) is 27.7 Å². The molecule has 0 spiro atoms. The van der Waals surface area contributed by atoms with Gasteiger partial charge < -0.3 is 9.47 Å². The maximum atomic E-state index is 12.6. The first-order valence-electron chi connectivity index (χ1n) is 23.4. The van der Waals surface area contributed by atoms with E-state index in [0.717, 1.165) is 12.8 Å². The highest BCUT2D eigenvalue weighted by Gasteiger charge is 2.16. The summed E-state index contributed by atoms with van der Waals surface area (Å²) < 4.78 is 11.3. The van der Waals surface area contributed by atoms with E-state index in [1.54, 1.807) is 0 Å². The zero-order valence-corrected chi connectivity index (χ0v) is 35.4. The van der Waals surface area contributed by atoms with Crippen LogP contribution in [-0.2, 0) is 19.1 Å². The van der Waals surface area contributed by atoms with Gasteiger partial charge in [0.25, 0.3) is 0 Å². The Hall–Kier alpha value is -1.06. The van der Waals surface area contributed by atoms with Gasteiger partial charge in [-0.1, -0.05) is 214 Å². The monoisotopic (exact) mass is 721 g/mol.